The Hall–Kier alpha value is -3.08. The molecule has 106 valence electrons. The van der Waals surface area contributed by atoms with E-state index in [0.717, 1.165) is 16.7 Å². The van der Waals surface area contributed by atoms with E-state index in [0.29, 0.717) is 0 Å². The Morgan fingerprint density at radius 2 is 1.64 bits per heavy atom. The number of carbonyl (C=O) groups is 1. The van der Waals surface area contributed by atoms with Crippen molar-refractivity contribution in [2.24, 2.45) is 0 Å². The first-order chi connectivity index (χ1) is 10.5. The molecule has 0 fully saturated rings. The third-order valence-electron chi connectivity index (χ3n) is 3.00. The van der Waals surface area contributed by atoms with E-state index in [2.05, 4.69) is 0 Å². The van der Waals surface area contributed by atoms with Crippen molar-refractivity contribution in [3.05, 3.63) is 64.2 Å². The fourth-order valence-corrected chi connectivity index (χ4v) is 2.16. The summed E-state index contributed by atoms with van der Waals surface area (Å²) in [5.74, 6) is -1.07. The Kier molecular flexibility index (Phi) is 4.58. The van der Waals surface area contributed by atoms with Crippen molar-refractivity contribution < 1.29 is 9.90 Å². The zero-order chi connectivity index (χ0) is 16.1. The highest BCUT2D eigenvalue weighted by atomic mass is 35.5. The molecule has 0 heterocycles. The monoisotopic (exact) mass is 308 g/mol. The maximum Gasteiger partial charge on any atom is 0.337 e. The van der Waals surface area contributed by atoms with Crippen LogP contribution in [0.1, 0.15) is 15.9 Å². The van der Waals surface area contributed by atoms with Crippen LogP contribution in [0.25, 0.3) is 17.2 Å². The van der Waals surface area contributed by atoms with Crippen molar-refractivity contribution in [3.63, 3.8) is 0 Å². The van der Waals surface area contributed by atoms with Gasteiger partial charge in [-0.1, -0.05) is 41.9 Å². The van der Waals surface area contributed by atoms with E-state index in [1.165, 1.54) is 12.1 Å². The Morgan fingerprint density at radius 3 is 2.14 bits per heavy atom. The molecule has 2 aromatic carbocycles. The van der Waals surface area contributed by atoms with Gasteiger partial charge < -0.3 is 5.11 Å². The number of aromatic carboxylic acids is 1. The smallest absolute Gasteiger partial charge is 0.337 e. The number of benzene rings is 2. The van der Waals surface area contributed by atoms with Crippen molar-refractivity contribution in [1.82, 2.24) is 0 Å². The van der Waals surface area contributed by atoms with E-state index in [9.17, 15) is 4.79 Å². The number of carboxylic acid groups (broad SMARTS) is 1. The van der Waals surface area contributed by atoms with Crippen LogP contribution in [0.3, 0.4) is 0 Å². The highest BCUT2D eigenvalue weighted by Crippen LogP contribution is 2.26. The van der Waals surface area contributed by atoms with Gasteiger partial charge in [0, 0.05) is 0 Å². The molecule has 0 aliphatic carbocycles. The van der Waals surface area contributed by atoms with Crippen LogP contribution in [0.5, 0.6) is 0 Å². The number of carboxylic acids is 1. The van der Waals surface area contributed by atoms with E-state index in [-0.39, 0.29) is 16.2 Å². The maximum atomic E-state index is 10.9. The van der Waals surface area contributed by atoms with Crippen molar-refractivity contribution in [3.8, 4) is 23.3 Å². The number of hydrogen-bond donors (Lipinski definition) is 1. The molecule has 0 atom stereocenters. The summed E-state index contributed by atoms with van der Waals surface area (Å²) in [6, 6.07) is 15.5. The molecule has 0 aliphatic rings. The zero-order valence-corrected chi connectivity index (χ0v) is 12.0. The Labute approximate surface area is 132 Å². The lowest BCUT2D eigenvalue weighted by Gasteiger charge is -2.05. The zero-order valence-electron chi connectivity index (χ0n) is 11.2. The van der Waals surface area contributed by atoms with Crippen molar-refractivity contribution in [1.29, 1.82) is 10.5 Å². The lowest BCUT2D eigenvalue weighted by molar-refractivity contribution is 0.0697. The van der Waals surface area contributed by atoms with E-state index in [4.69, 9.17) is 27.2 Å². The van der Waals surface area contributed by atoms with Gasteiger partial charge in [-0.25, -0.2) is 4.79 Å². The summed E-state index contributed by atoms with van der Waals surface area (Å²) in [5, 5.41) is 26.6. The third-order valence-corrected chi connectivity index (χ3v) is 3.31. The first-order valence-corrected chi connectivity index (χ1v) is 6.58. The average molecular weight is 309 g/mol. The molecule has 0 unspecified atom stereocenters. The molecule has 0 aromatic heterocycles. The number of hydrogen-bond acceptors (Lipinski definition) is 3. The predicted molar refractivity (Wildman–Crippen MR) is 83.1 cm³/mol. The summed E-state index contributed by atoms with van der Waals surface area (Å²) in [6.07, 6.45) is 1.49. The van der Waals surface area contributed by atoms with Gasteiger partial charge in [-0.15, -0.1) is 0 Å². The predicted octanol–water partition coefficient (Wildman–Crippen LogP) is 4.14. The average Bonchev–Trinajstić information content (AvgIpc) is 2.52. The normalized spacial score (nSPS) is 9.41. The Morgan fingerprint density at radius 1 is 1.05 bits per heavy atom. The molecule has 4 nitrogen and oxygen atoms in total. The van der Waals surface area contributed by atoms with Crippen LogP contribution in [0.15, 0.2) is 48.0 Å². The number of allylic oxidation sites excluding steroid dienone is 1. The van der Waals surface area contributed by atoms with Gasteiger partial charge in [0.15, 0.2) is 0 Å². The highest BCUT2D eigenvalue weighted by Gasteiger charge is 2.09. The van der Waals surface area contributed by atoms with Gasteiger partial charge in [0.1, 0.15) is 17.7 Å². The van der Waals surface area contributed by atoms with E-state index < -0.39 is 5.97 Å². The highest BCUT2D eigenvalue weighted by molar-refractivity contribution is 6.33. The molecule has 2 rings (SSSR count). The van der Waals surface area contributed by atoms with Crippen LogP contribution in [-0.4, -0.2) is 11.1 Å². The summed E-state index contributed by atoms with van der Waals surface area (Å²) in [4.78, 5) is 10.9. The second-order valence-electron chi connectivity index (χ2n) is 4.40. The Balaban J connectivity index is 2.34. The summed E-state index contributed by atoms with van der Waals surface area (Å²) in [7, 11) is 0. The number of halogens is 1. The first-order valence-electron chi connectivity index (χ1n) is 6.20. The fourth-order valence-electron chi connectivity index (χ4n) is 1.90. The molecular weight excluding hydrogens is 300 g/mol. The van der Waals surface area contributed by atoms with Gasteiger partial charge in [-0.05, 0) is 34.9 Å². The largest absolute Gasteiger partial charge is 0.478 e. The lowest BCUT2D eigenvalue weighted by Crippen LogP contribution is -1.97. The van der Waals surface area contributed by atoms with Gasteiger partial charge in [0.25, 0.3) is 0 Å². The molecule has 0 amide bonds. The fraction of sp³-hybridized carbons (Fsp3) is 0. The SMILES string of the molecule is N#CC(C#N)=Cc1ccc(-c2ccc(C(=O)O)c(Cl)c2)cc1. The van der Waals surface area contributed by atoms with E-state index in [1.807, 2.05) is 12.1 Å². The van der Waals surface area contributed by atoms with Gasteiger partial charge in [-0.3, -0.25) is 0 Å². The standard InChI is InChI=1S/C17H9ClN2O2/c18-16-8-14(5-6-15(16)17(21)22)13-3-1-11(2-4-13)7-12(9-19)10-20/h1-8H,(H,21,22). The molecule has 0 saturated heterocycles. The van der Waals surface area contributed by atoms with Crippen LogP contribution in [-0.2, 0) is 0 Å². The molecular formula is C17H9ClN2O2. The van der Waals surface area contributed by atoms with Crippen LogP contribution in [0.4, 0.5) is 0 Å². The van der Waals surface area contributed by atoms with Gasteiger partial charge in [-0.2, -0.15) is 10.5 Å². The summed E-state index contributed by atoms with van der Waals surface area (Å²) in [5.41, 5.74) is 2.45. The molecule has 22 heavy (non-hydrogen) atoms. The summed E-state index contributed by atoms with van der Waals surface area (Å²) in [6.45, 7) is 0. The molecule has 1 N–H and O–H groups in total. The summed E-state index contributed by atoms with van der Waals surface area (Å²) >= 11 is 5.95. The van der Waals surface area contributed by atoms with Crippen LogP contribution >= 0.6 is 11.6 Å². The lowest BCUT2D eigenvalue weighted by atomic mass is 10.0. The second-order valence-corrected chi connectivity index (χ2v) is 4.81. The van der Waals surface area contributed by atoms with Crippen molar-refractivity contribution in [2.45, 2.75) is 0 Å². The number of rotatable bonds is 3. The van der Waals surface area contributed by atoms with Gasteiger partial charge >= 0.3 is 5.97 Å². The third kappa shape index (κ3) is 3.32. The number of nitriles is 2. The van der Waals surface area contributed by atoms with Gasteiger partial charge in [0.2, 0.25) is 0 Å². The molecule has 0 spiro atoms. The van der Waals surface area contributed by atoms with Crippen LogP contribution < -0.4 is 0 Å². The first kappa shape index (κ1) is 15.3. The minimum absolute atomic E-state index is 0.0293. The van der Waals surface area contributed by atoms with E-state index >= 15 is 0 Å². The molecule has 0 saturated carbocycles. The van der Waals surface area contributed by atoms with Crippen molar-refractivity contribution in [2.75, 3.05) is 0 Å². The Bertz CT molecular complexity index is 824. The molecule has 2 aromatic rings. The molecule has 5 heteroatoms. The topological polar surface area (TPSA) is 84.9 Å². The van der Waals surface area contributed by atoms with E-state index in [1.54, 1.807) is 36.4 Å². The molecule has 0 radical (unpaired) electrons. The molecule has 0 bridgehead atoms. The minimum atomic E-state index is -1.07. The molecule has 0 aliphatic heterocycles. The second kappa shape index (κ2) is 6.58. The van der Waals surface area contributed by atoms with Crippen molar-refractivity contribution >= 4 is 23.6 Å². The summed E-state index contributed by atoms with van der Waals surface area (Å²) < 4.78 is 0. The maximum absolute atomic E-state index is 10.9. The van der Waals surface area contributed by atoms with Crippen LogP contribution in [0, 0.1) is 22.7 Å². The number of nitrogens with zero attached hydrogens (tertiary/aromatic N) is 2. The van der Waals surface area contributed by atoms with Crippen LogP contribution in [0.2, 0.25) is 5.02 Å². The minimum Gasteiger partial charge on any atom is -0.478 e. The quantitative estimate of drug-likeness (QED) is 0.864. The van der Waals surface area contributed by atoms with Gasteiger partial charge in [0.05, 0.1) is 10.6 Å².